The number of unbranched alkanes of at least 4 members (excludes halogenated alkanes) is 2. The van der Waals surface area contributed by atoms with Gasteiger partial charge in [0.25, 0.3) is 0 Å². The van der Waals surface area contributed by atoms with Gasteiger partial charge >= 0.3 is 5.97 Å². The van der Waals surface area contributed by atoms with Crippen molar-refractivity contribution in [3.05, 3.63) is 58.9 Å². The SMILES string of the molecule is CCCCCC1CCC(C2CCC(COc3cc(F)c(C(=O)Oc4ccc(C#N)cc4)c(F)c3F)CC2)CC1. The summed E-state index contributed by atoms with van der Waals surface area (Å²) in [6, 6.07) is 8.02. The van der Waals surface area contributed by atoms with Crippen LogP contribution in [0.2, 0.25) is 0 Å². The quantitative estimate of drug-likeness (QED) is 0.131. The van der Waals surface area contributed by atoms with Crippen LogP contribution in [-0.4, -0.2) is 12.6 Å². The fraction of sp³-hybridized carbons (Fsp3) is 0.562. The van der Waals surface area contributed by atoms with E-state index in [1.807, 2.05) is 6.07 Å². The molecule has 0 saturated heterocycles. The van der Waals surface area contributed by atoms with Gasteiger partial charge in [-0.25, -0.2) is 13.6 Å². The van der Waals surface area contributed by atoms with E-state index >= 15 is 0 Å². The molecule has 7 heteroatoms. The van der Waals surface area contributed by atoms with Gasteiger partial charge < -0.3 is 9.47 Å². The minimum absolute atomic E-state index is 0.0193. The number of ether oxygens (including phenoxy) is 2. The van der Waals surface area contributed by atoms with Crippen LogP contribution in [0.3, 0.4) is 0 Å². The Labute approximate surface area is 229 Å². The highest BCUT2D eigenvalue weighted by Crippen LogP contribution is 2.42. The number of nitrogens with zero attached hydrogens (tertiary/aromatic N) is 1. The number of carbonyl (C=O) groups is 1. The van der Waals surface area contributed by atoms with Crippen LogP contribution < -0.4 is 9.47 Å². The van der Waals surface area contributed by atoms with Gasteiger partial charge in [-0.05, 0) is 86.5 Å². The summed E-state index contributed by atoms with van der Waals surface area (Å²) in [6.07, 6.45) is 14.9. The summed E-state index contributed by atoms with van der Waals surface area (Å²) in [7, 11) is 0. The van der Waals surface area contributed by atoms with Crippen LogP contribution in [-0.2, 0) is 0 Å². The molecule has 2 aromatic carbocycles. The Morgan fingerprint density at radius 2 is 1.51 bits per heavy atom. The van der Waals surface area contributed by atoms with Crippen LogP contribution in [0.25, 0.3) is 0 Å². The van der Waals surface area contributed by atoms with Gasteiger partial charge in [-0.15, -0.1) is 0 Å². The van der Waals surface area contributed by atoms with Crippen LogP contribution in [0, 0.1) is 52.5 Å². The van der Waals surface area contributed by atoms with E-state index in [0.29, 0.717) is 11.6 Å². The first-order valence-electron chi connectivity index (χ1n) is 14.4. The lowest BCUT2D eigenvalue weighted by atomic mass is 9.69. The number of benzene rings is 2. The van der Waals surface area contributed by atoms with Crippen molar-refractivity contribution < 1.29 is 27.4 Å². The topological polar surface area (TPSA) is 59.3 Å². The molecule has 2 fully saturated rings. The fourth-order valence-corrected chi connectivity index (χ4v) is 6.29. The van der Waals surface area contributed by atoms with Gasteiger partial charge in [0.2, 0.25) is 5.82 Å². The molecular formula is C32H38F3NO3. The van der Waals surface area contributed by atoms with E-state index in [0.717, 1.165) is 43.4 Å². The number of hydrogen-bond donors (Lipinski definition) is 0. The van der Waals surface area contributed by atoms with Crippen molar-refractivity contribution in [3.8, 4) is 17.6 Å². The first-order valence-corrected chi connectivity index (χ1v) is 14.4. The molecule has 2 aromatic rings. The highest BCUT2D eigenvalue weighted by Gasteiger charge is 2.32. The lowest BCUT2D eigenvalue weighted by Crippen LogP contribution is -2.27. The highest BCUT2D eigenvalue weighted by molar-refractivity contribution is 5.92. The molecule has 39 heavy (non-hydrogen) atoms. The summed E-state index contributed by atoms with van der Waals surface area (Å²) in [6.45, 7) is 2.43. The monoisotopic (exact) mass is 541 g/mol. The van der Waals surface area contributed by atoms with Crippen LogP contribution in [0.15, 0.2) is 30.3 Å². The van der Waals surface area contributed by atoms with Gasteiger partial charge in [-0.2, -0.15) is 9.65 Å². The average molecular weight is 542 g/mol. The Kier molecular flexibility index (Phi) is 10.3. The highest BCUT2D eigenvalue weighted by atomic mass is 19.2. The molecular weight excluding hydrogens is 503 g/mol. The maximum absolute atomic E-state index is 14.7. The van der Waals surface area contributed by atoms with Crippen LogP contribution >= 0.6 is 0 Å². The Morgan fingerprint density at radius 3 is 2.10 bits per heavy atom. The van der Waals surface area contributed by atoms with E-state index in [1.165, 1.54) is 75.6 Å². The van der Waals surface area contributed by atoms with Crippen LogP contribution in [0.5, 0.6) is 11.5 Å². The van der Waals surface area contributed by atoms with Crippen LogP contribution in [0.4, 0.5) is 13.2 Å². The Bertz CT molecular complexity index is 1140. The van der Waals surface area contributed by atoms with Gasteiger partial charge in [0.1, 0.15) is 17.1 Å². The molecule has 0 aliphatic heterocycles. The molecule has 2 aliphatic rings. The third-order valence-corrected chi connectivity index (χ3v) is 8.66. The molecule has 0 N–H and O–H groups in total. The number of esters is 1. The van der Waals surface area contributed by atoms with E-state index in [4.69, 9.17) is 14.7 Å². The van der Waals surface area contributed by atoms with E-state index < -0.39 is 34.7 Å². The molecule has 0 aromatic heterocycles. The molecule has 2 saturated carbocycles. The summed E-state index contributed by atoms with van der Waals surface area (Å²) >= 11 is 0. The Hall–Kier alpha value is -3.01. The zero-order valence-corrected chi connectivity index (χ0v) is 22.7. The standard InChI is InChI=1S/C32H38F3NO3/c1-2-3-4-5-21-6-12-24(13-7-21)25-14-8-23(9-15-25)20-38-28-18-27(33)29(31(35)30(28)34)32(37)39-26-16-10-22(19-36)11-17-26/h10-11,16-18,21,23-25H,2-9,12-15,20H2,1H3. The Balaban J connectivity index is 1.26. The third-order valence-electron chi connectivity index (χ3n) is 8.66. The van der Waals surface area contributed by atoms with E-state index in [2.05, 4.69) is 6.92 Å². The second-order valence-corrected chi connectivity index (χ2v) is 11.3. The minimum Gasteiger partial charge on any atom is -0.490 e. The average Bonchev–Trinajstić information content (AvgIpc) is 2.95. The van der Waals surface area contributed by atoms with Crippen molar-refractivity contribution in [1.82, 2.24) is 0 Å². The predicted molar refractivity (Wildman–Crippen MR) is 143 cm³/mol. The molecule has 0 heterocycles. The van der Waals surface area contributed by atoms with Crippen molar-refractivity contribution in [2.75, 3.05) is 6.61 Å². The molecule has 4 nitrogen and oxygen atoms in total. The number of halogens is 3. The van der Waals surface area contributed by atoms with Crippen LogP contribution in [0.1, 0.15) is 99.9 Å². The summed E-state index contributed by atoms with van der Waals surface area (Å²) in [4.78, 5) is 12.3. The van der Waals surface area contributed by atoms with E-state index in [1.54, 1.807) is 0 Å². The molecule has 0 spiro atoms. The fourth-order valence-electron chi connectivity index (χ4n) is 6.29. The molecule has 4 rings (SSSR count). The molecule has 2 aliphatic carbocycles. The van der Waals surface area contributed by atoms with Crippen molar-refractivity contribution in [2.24, 2.45) is 23.7 Å². The van der Waals surface area contributed by atoms with E-state index in [-0.39, 0.29) is 18.3 Å². The number of rotatable bonds is 10. The predicted octanol–water partition coefficient (Wildman–Crippen LogP) is 8.77. The van der Waals surface area contributed by atoms with Crippen molar-refractivity contribution >= 4 is 5.97 Å². The lowest BCUT2D eigenvalue weighted by Gasteiger charge is -2.38. The molecule has 0 radical (unpaired) electrons. The third kappa shape index (κ3) is 7.56. The minimum atomic E-state index is -1.64. The van der Waals surface area contributed by atoms with Crippen molar-refractivity contribution in [2.45, 2.75) is 84.0 Å². The zero-order chi connectivity index (χ0) is 27.8. The second kappa shape index (κ2) is 13.9. The zero-order valence-electron chi connectivity index (χ0n) is 22.7. The first-order chi connectivity index (χ1) is 18.9. The molecule has 0 amide bonds. The number of carbonyl (C=O) groups excluding carboxylic acids is 1. The van der Waals surface area contributed by atoms with Gasteiger partial charge in [-0.3, -0.25) is 0 Å². The van der Waals surface area contributed by atoms with Gasteiger partial charge in [0, 0.05) is 6.07 Å². The summed E-state index contributed by atoms with van der Waals surface area (Å²) in [5.74, 6) is -3.60. The first kappa shape index (κ1) is 29.0. The largest absolute Gasteiger partial charge is 0.490 e. The van der Waals surface area contributed by atoms with Gasteiger partial charge in [0.15, 0.2) is 11.6 Å². The maximum atomic E-state index is 14.7. The number of nitriles is 1. The van der Waals surface area contributed by atoms with Gasteiger partial charge in [-0.1, -0.05) is 45.4 Å². The number of hydrogen-bond acceptors (Lipinski definition) is 4. The lowest BCUT2D eigenvalue weighted by molar-refractivity contribution is 0.0722. The second-order valence-electron chi connectivity index (χ2n) is 11.3. The molecule has 0 bridgehead atoms. The maximum Gasteiger partial charge on any atom is 0.349 e. The molecule has 0 atom stereocenters. The summed E-state index contributed by atoms with van der Waals surface area (Å²) in [5, 5.41) is 8.84. The summed E-state index contributed by atoms with van der Waals surface area (Å²) in [5.41, 5.74) is -0.793. The van der Waals surface area contributed by atoms with E-state index in [9.17, 15) is 18.0 Å². The molecule has 0 unspecified atom stereocenters. The van der Waals surface area contributed by atoms with Crippen molar-refractivity contribution in [1.29, 1.82) is 5.26 Å². The molecule has 210 valence electrons. The summed E-state index contributed by atoms with van der Waals surface area (Å²) < 4.78 is 54.6. The smallest absolute Gasteiger partial charge is 0.349 e. The normalized spacial score (nSPS) is 23.2. The Morgan fingerprint density at radius 1 is 0.897 bits per heavy atom. The van der Waals surface area contributed by atoms with Gasteiger partial charge in [0.05, 0.1) is 18.2 Å². The van der Waals surface area contributed by atoms with Crippen molar-refractivity contribution in [3.63, 3.8) is 0 Å².